The number of carbonyl (C=O) groups is 1. The Kier molecular flexibility index (Phi) is 4.80. The van der Waals surface area contributed by atoms with Gasteiger partial charge in [0.25, 0.3) is 0 Å². The van der Waals surface area contributed by atoms with E-state index in [4.69, 9.17) is 4.74 Å². The standard InChI is InChI=1S/C16H20N4O2/c21-16(14-7-9-22-11-14)17-10-15-19-18-12-20(15)8-6-13-4-2-1-3-5-13/h1-5,12,14H,6-11H2,(H,17,21)/t14-/m1/s1. The lowest BCUT2D eigenvalue weighted by atomic mass is 10.1. The number of carbonyl (C=O) groups excluding carboxylic acids is 1. The third-order valence-corrected chi connectivity index (χ3v) is 3.90. The lowest BCUT2D eigenvalue weighted by Crippen LogP contribution is -2.31. The van der Waals surface area contributed by atoms with Gasteiger partial charge >= 0.3 is 0 Å². The summed E-state index contributed by atoms with van der Waals surface area (Å²) in [7, 11) is 0. The van der Waals surface area contributed by atoms with Crippen molar-refractivity contribution in [3.05, 3.63) is 48.0 Å². The van der Waals surface area contributed by atoms with E-state index in [1.165, 1.54) is 5.56 Å². The van der Waals surface area contributed by atoms with Crippen LogP contribution in [0.4, 0.5) is 0 Å². The van der Waals surface area contributed by atoms with Gasteiger partial charge in [-0.1, -0.05) is 30.3 Å². The molecule has 0 spiro atoms. The van der Waals surface area contributed by atoms with Gasteiger partial charge in [-0.25, -0.2) is 0 Å². The number of amides is 1. The quantitative estimate of drug-likeness (QED) is 0.869. The van der Waals surface area contributed by atoms with Crippen molar-refractivity contribution in [3.8, 4) is 0 Å². The Morgan fingerprint density at radius 1 is 1.36 bits per heavy atom. The van der Waals surface area contributed by atoms with Crippen LogP contribution in [0, 0.1) is 5.92 Å². The van der Waals surface area contributed by atoms with Crippen molar-refractivity contribution < 1.29 is 9.53 Å². The van der Waals surface area contributed by atoms with Crippen LogP contribution in [0.25, 0.3) is 0 Å². The summed E-state index contributed by atoms with van der Waals surface area (Å²) in [5.74, 6) is 0.791. The Morgan fingerprint density at radius 2 is 2.23 bits per heavy atom. The van der Waals surface area contributed by atoms with Crippen LogP contribution in [0.5, 0.6) is 0 Å². The van der Waals surface area contributed by atoms with Crippen molar-refractivity contribution in [1.29, 1.82) is 0 Å². The van der Waals surface area contributed by atoms with Crippen molar-refractivity contribution in [2.24, 2.45) is 5.92 Å². The lowest BCUT2D eigenvalue weighted by Gasteiger charge is -2.10. The Bertz CT molecular complexity index is 606. The number of aromatic nitrogens is 3. The number of aryl methyl sites for hydroxylation is 2. The summed E-state index contributed by atoms with van der Waals surface area (Å²) in [4.78, 5) is 12.0. The average molecular weight is 300 g/mol. The molecule has 22 heavy (non-hydrogen) atoms. The number of benzene rings is 1. The van der Waals surface area contributed by atoms with Crippen LogP contribution >= 0.6 is 0 Å². The molecule has 1 N–H and O–H groups in total. The molecule has 1 amide bonds. The molecule has 6 nitrogen and oxygen atoms in total. The Hall–Kier alpha value is -2.21. The van der Waals surface area contributed by atoms with E-state index in [0.29, 0.717) is 19.8 Å². The fraction of sp³-hybridized carbons (Fsp3) is 0.438. The van der Waals surface area contributed by atoms with Crippen molar-refractivity contribution in [3.63, 3.8) is 0 Å². The SMILES string of the molecule is O=C(NCc1nncn1CCc1ccccc1)[C@@H]1CCOC1. The van der Waals surface area contributed by atoms with Gasteiger partial charge in [-0.05, 0) is 18.4 Å². The summed E-state index contributed by atoms with van der Waals surface area (Å²) in [6, 6.07) is 10.3. The topological polar surface area (TPSA) is 69.0 Å². The molecule has 0 radical (unpaired) electrons. The molecule has 1 aliphatic rings. The fourth-order valence-electron chi connectivity index (χ4n) is 2.55. The van der Waals surface area contributed by atoms with Crippen LogP contribution in [0.1, 0.15) is 17.8 Å². The van der Waals surface area contributed by atoms with E-state index in [1.807, 2.05) is 22.8 Å². The van der Waals surface area contributed by atoms with Gasteiger partial charge in [0.1, 0.15) is 6.33 Å². The summed E-state index contributed by atoms with van der Waals surface area (Å²) >= 11 is 0. The van der Waals surface area contributed by atoms with Gasteiger partial charge in [-0.3, -0.25) is 4.79 Å². The van der Waals surface area contributed by atoms with Crippen molar-refractivity contribution >= 4 is 5.91 Å². The molecule has 0 unspecified atom stereocenters. The predicted molar refractivity (Wildman–Crippen MR) is 80.9 cm³/mol. The molecular weight excluding hydrogens is 280 g/mol. The summed E-state index contributed by atoms with van der Waals surface area (Å²) in [6.07, 6.45) is 3.42. The van der Waals surface area contributed by atoms with Crippen LogP contribution < -0.4 is 5.32 Å². The van der Waals surface area contributed by atoms with E-state index >= 15 is 0 Å². The van der Waals surface area contributed by atoms with Gasteiger partial charge in [0.2, 0.25) is 5.91 Å². The number of ether oxygens (including phenoxy) is 1. The zero-order valence-electron chi connectivity index (χ0n) is 12.4. The molecule has 0 bridgehead atoms. The molecule has 1 atom stereocenters. The highest BCUT2D eigenvalue weighted by Gasteiger charge is 2.23. The van der Waals surface area contributed by atoms with E-state index in [1.54, 1.807) is 6.33 Å². The summed E-state index contributed by atoms with van der Waals surface area (Å²) in [5, 5.41) is 11.0. The molecule has 1 saturated heterocycles. The smallest absolute Gasteiger partial charge is 0.225 e. The maximum Gasteiger partial charge on any atom is 0.225 e. The fourth-order valence-corrected chi connectivity index (χ4v) is 2.55. The van der Waals surface area contributed by atoms with Crippen molar-refractivity contribution in [1.82, 2.24) is 20.1 Å². The number of nitrogens with one attached hydrogen (secondary N) is 1. The minimum atomic E-state index is -0.0271. The van der Waals surface area contributed by atoms with E-state index in [0.717, 1.165) is 25.2 Å². The van der Waals surface area contributed by atoms with Gasteiger partial charge in [0.15, 0.2) is 5.82 Å². The molecule has 0 saturated carbocycles. The summed E-state index contributed by atoms with van der Waals surface area (Å²) in [5.41, 5.74) is 1.27. The molecule has 6 heteroatoms. The van der Waals surface area contributed by atoms with E-state index in [9.17, 15) is 4.79 Å². The molecule has 0 aliphatic carbocycles. The third-order valence-electron chi connectivity index (χ3n) is 3.90. The van der Waals surface area contributed by atoms with Crippen LogP contribution in [-0.4, -0.2) is 33.9 Å². The molecular formula is C16H20N4O2. The average Bonchev–Trinajstić information content (AvgIpc) is 3.23. The van der Waals surface area contributed by atoms with Gasteiger partial charge in [0.05, 0.1) is 19.1 Å². The minimum Gasteiger partial charge on any atom is -0.381 e. The van der Waals surface area contributed by atoms with Gasteiger partial charge in [0, 0.05) is 13.2 Å². The molecule has 1 aliphatic heterocycles. The van der Waals surface area contributed by atoms with E-state index in [2.05, 4.69) is 27.6 Å². The zero-order chi connectivity index (χ0) is 15.2. The van der Waals surface area contributed by atoms with E-state index < -0.39 is 0 Å². The number of hydrogen-bond donors (Lipinski definition) is 1. The highest BCUT2D eigenvalue weighted by Crippen LogP contribution is 2.12. The van der Waals surface area contributed by atoms with Crippen molar-refractivity contribution in [2.75, 3.05) is 13.2 Å². The largest absolute Gasteiger partial charge is 0.381 e. The molecule has 2 heterocycles. The predicted octanol–water partition coefficient (Wildman–Crippen LogP) is 1.17. The Labute approximate surface area is 129 Å². The van der Waals surface area contributed by atoms with Crippen molar-refractivity contribution in [2.45, 2.75) is 25.9 Å². The molecule has 3 rings (SSSR count). The van der Waals surface area contributed by atoms with Crippen LogP contribution in [0.2, 0.25) is 0 Å². The maximum absolute atomic E-state index is 12.0. The maximum atomic E-state index is 12.0. The molecule has 116 valence electrons. The number of rotatable bonds is 6. The normalized spacial score (nSPS) is 17.5. The first-order valence-electron chi connectivity index (χ1n) is 7.59. The minimum absolute atomic E-state index is 0.0271. The van der Waals surface area contributed by atoms with Gasteiger partial charge in [-0.2, -0.15) is 0 Å². The highest BCUT2D eigenvalue weighted by molar-refractivity contribution is 5.78. The molecule has 1 aromatic heterocycles. The van der Waals surface area contributed by atoms with E-state index in [-0.39, 0.29) is 11.8 Å². The third kappa shape index (κ3) is 3.71. The van der Waals surface area contributed by atoms with Crippen LogP contribution in [0.3, 0.4) is 0 Å². The Balaban J connectivity index is 1.52. The number of hydrogen-bond acceptors (Lipinski definition) is 4. The molecule has 1 aromatic carbocycles. The van der Waals surface area contributed by atoms with Crippen LogP contribution in [-0.2, 0) is 29.0 Å². The zero-order valence-corrected chi connectivity index (χ0v) is 12.4. The molecule has 1 fully saturated rings. The van der Waals surface area contributed by atoms with Crippen LogP contribution in [0.15, 0.2) is 36.7 Å². The van der Waals surface area contributed by atoms with Gasteiger partial charge < -0.3 is 14.6 Å². The number of nitrogens with zero attached hydrogens (tertiary/aromatic N) is 3. The Morgan fingerprint density at radius 3 is 3.00 bits per heavy atom. The highest BCUT2D eigenvalue weighted by atomic mass is 16.5. The second-order valence-corrected chi connectivity index (χ2v) is 5.45. The van der Waals surface area contributed by atoms with Gasteiger partial charge in [-0.15, -0.1) is 10.2 Å². The summed E-state index contributed by atoms with van der Waals surface area (Å²) < 4.78 is 7.22. The first kappa shape index (κ1) is 14.7. The summed E-state index contributed by atoms with van der Waals surface area (Å²) in [6.45, 7) is 2.40. The second kappa shape index (κ2) is 7.17. The monoisotopic (exact) mass is 300 g/mol. The first-order chi connectivity index (χ1) is 10.8. The second-order valence-electron chi connectivity index (χ2n) is 5.45. The molecule has 2 aromatic rings. The first-order valence-corrected chi connectivity index (χ1v) is 7.59. The lowest BCUT2D eigenvalue weighted by molar-refractivity contribution is -0.125.